The molecule has 0 aliphatic heterocycles. The van der Waals surface area contributed by atoms with E-state index in [1.165, 1.54) is 11.1 Å². The predicted molar refractivity (Wildman–Crippen MR) is 77.7 cm³/mol. The van der Waals surface area contributed by atoms with Crippen molar-refractivity contribution in [3.8, 4) is 11.6 Å². The molecule has 0 atom stereocenters. The Morgan fingerprint density at radius 1 is 1.16 bits per heavy atom. The maximum Gasteiger partial charge on any atom is 0.219 e. The summed E-state index contributed by atoms with van der Waals surface area (Å²) in [6, 6.07) is 10.0. The van der Waals surface area contributed by atoms with Crippen molar-refractivity contribution in [2.45, 2.75) is 27.3 Å². The number of rotatable bonds is 4. The zero-order valence-electron chi connectivity index (χ0n) is 11.9. The minimum Gasteiger partial charge on any atom is -0.439 e. The number of nitrogens with zero attached hydrogens (tertiary/aromatic N) is 1. The van der Waals surface area contributed by atoms with Gasteiger partial charge < -0.3 is 10.1 Å². The van der Waals surface area contributed by atoms with E-state index >= 15 is 0 Å². The topological polar surface area (TPSA) is 34.1 Å². The van der Waals surface area contributed by atoms with Crippen LogP contribution in [-0.2, 0) is 6.54 Å². The number of hydrogen-bond donors (Lipinski definition) is 1. The molecule has 0 saturated heterocycles. The van der Waals surface area contributed by atoms with Crippen molar-refractivity contribution >= 4 is 0 Å². The summed E-state index contributed by atoms with van der Waals surface area (Å²) in [5.41, 5.74) is 4.57. The van der Waals surface area contributed by atoms with Crippen molar-refractivity contribution < 1.29 is 4.74 Å². The zero-order valence-corrected chi connectivity index (χ0v) is 11.9. The SMILES string of the molecule is CNCc1cccc(Oc2cc(C)cc(C)c2C)n1. The molecular formula is C16H20N2O. The predicted octanol–water partition coefficient (Wildman–Crippen LogP) is 3.52. The second kappa shape index (κ2) is 5.85. The van der Waals surface area contributed by atoms with Crippen LogP contribution in [0.2, 0.25) is 0 Å². The molecule has 100 valence electrons. The average Bonchev–Trinajstić information content (AvgIpc) is 2.36. The highest BCUT2D eigenvalue weighted by atomic mass is 16.5. The Hall–Kier alpha value is -1.87. The average molecular weight is 256 g/mol. The van der Waals surface area contributed by atoms with E-state index in [4.69, 9.17) is 4.74 Å². The van der Waals surface area contributed by atoms with Crippen molar-refractivity contribution in [3.63, 3.8) is 0 Å². The molecule has 1 aromatic heterocycles. The van der Waals surface area contributed by atoms with E-state index in [9.17, 15) is 0 Å². The summed E-state index contributed by atoms with van der Waals surface area (Å²) >= 11 is 0. The Bertz CT molecular complexity index is 579. The van der Waals surface area contributed by atoms with E-state index in [2.05, 4.69) is 43.2 Å². The van der Waals surface area contributed by atoms with Crippen molar-refractivity contribution in [3.05, 3.63) is 52.7 Å². The molecule has 0 fully saturated rings. The van der Waals surface area contributed by atoms with Crippen LogP contribution in [0.25, 0.3) is 0 Å². The van der Waals surface area contributed by atoms with E-state index in [-0.39, 0.29) is 0 Å². The number of pyridine rings is 1. The van der Waals surface area contributed by atoms with Gasteiger partial charge in [-0.05, 0) is 56.6 Å². The van der Waals surface area contributed by atoms with Crippen LogP contribution in [0.5, 0.6) is 11.6 Å². The van der Waals surface area contributed by atoms with Gasteiger partial charge in [0.05, 0.1) is 5.69 Å². The summed E-state index contributed by atoms with van der Waals surface area (Å²) in [6.45, 7) is 6.98. The van der Waals surface area contributed by atoms with E-state index in [0.29, 0.717) is 5.88 Å². The van der Waals surface area contributed by atoms with Gasteiger partial charge in [-0.25, -0.2) is 4.98 Å². The highest BCUT2D eigenvalue weighted by Crippen LogP contribution is 2.27. The molecule has 0 amide bonds. The van der Waals surface area contributed by atoms with Crippen molar-refractivity contribution in [2.75, 3.05) is 7.05 Å². The fourth-order valence-electron chi connectivity index (χ4n) is 2.01. The summed E-state index contributed by atoms with van der Waals surface area (Å²) in [4.78, 5) is 4.47. The summed E-state index contributed by atoms with van der Waals surface area (Å²) in [7, 11) is 1.91. The summed E-state index contributed by atoms with van der Waals surface area (Å²) in [5, 5.41) is 3.09. The third-order valence-corrected chi connectivity index (χ3v) is 3.12. The third kappa shape index (κ3) is 3.32. The van der Waals surface area contributed by atoms with Gasteiger partial charge in [0.15, 0.2) is 0 Å². The van der Waals surface area contributed by atoms with Gasteiger partial charge in [-0.2, -0.15) is 0 Å². The molecule has 0 aliphatic rings. The Morgan fingerprint density at radius 3 is 2.68 bits per heavy atom. The normalized spacial score (nSPS) is 10.5. The van der Waals surface area contributed by atoms with Crippen molar-refractivity contribution in [2.24, 2.45) is 0 Å². The Kier molecular flexibility index (Phi) is 4.17. The van der Waals surface area contributed by atoms with Gasteiger partial charge in [0.25, 0.3) is 0 Å². The van der Waals surface area contributed by atoms with Crippen LogP contribution >= 0.6 is 0 Å². The summed E-state index contributed by atoms with van der Waals surface area (Å²) in [6.07, 6.45) is 0. The maximum absolute atomic E-state index is 5.92. The molecule has 0 bridgehead atoms. The first-order valence-corrected chi connectivity index (χ1v) is 6.46. The molecular weight excluding hydrogens is 236 g/mol. The van der Waals surface area contributed by atoms with Gasteiger partial charge in [0.2, 0.25) is 5.88 Å². The fourth-order valence-corrected chi connectivity index (χ4v) is 2.01. The Labute approximate surface area is 114 Å². The quantitative estimate of drug-likeness (QED) is 0.908. The van der Waals surface area contributed by atoms with Crippen molar-refractivity contribution in [1.29, 1.82) is 0 Å². The van der Waals surface area contributed by atoms with Crippen LogP contribution in [0.3, 0.4) is 0 Å². The second-order valence-electron chi connectivity index (χ2n) is 4.80. The molecule has 19 heavy (non-hydrogen) atoms. The van der Waals surface area contributed by atoms with Gasteiger partial charge in [-0.15, -0.1) is 0 Å². The highest BCUT2D eigenvalue weighted by molar-refractivity contribution is 5.43. The number of aryl methyl sites for hydroxylation is 2. The van der Waals surface area contributed by atoms with Gasteiger partial charge in [0, 0.05) is 12.6 Å². The lowest BCUT2D eigenvalue weighted by atomic mass is 10.1. The standard InChI is InChI=1S/C16H20N2O/c1-11-8-12(2)13(3)15(9-11)19-16-7-5-6-14(18-16)10-17-4/h5-9,17H,10H2,1-4H3. The number of benzene rings is 1. The number of hydrogen-bond acceptors (Lipinski definition) is 3. The molecule has 1 N–H and O–H groups in total. The zero-order chi connectivity index (χ0) is 13.8. The van der Waals surface area contributed by atoms with Crippen LogP contribution in [0, 0.1) is 20.8 Å². The minimum atomic E-state index is 0.640. The van der Waals surface area contributed by atoms with Gasteiger partial charge in [0.1, 0.15) is 5.75 Å². The number of nitrogens with one attached hydrogen (secondary N) is 1. The largest absolute Gasteiger partial charge is 0.439 e. The number of aromatic nitrogens is 1. The fraction of sp³-hybridized carbons (Fsp3) is 0.312. The van der Waals surface area contributed by atoms with Crippen LogP contribution in [0.1, 0.15) is 22.4 Å². The number of ether oxygens (including phenoxy) is 1. The molecule has 0 spiro atoms. The Morgan fingerprint density at radius 2 is 1.95 bits per heavy atom. The van der Waals surface area contributed by atoms with Crippen LogP contribution in [0.4, 0.5) is 0 Å². The van der Waals surface area contributed by atoms with Crippen LogP contribution in [-0.4, -0.2) is 12.0 Å². The highest BCUT2D eigenvalue weighted by Gasteiger charge is 2.06. The first-order chi connectivity index (χ1) is 9.10. The van der Waals surface area contributed by atoms with E-state index in [1.54, 1.807) is 0 Å². The van der Waals surface area contributed by atoms with Gasteiger partial charge >= 0.3 is 0 Å². The molecule has 2 rings (SSSR count). The lowest BCUT2D eigenvalue weighted by molar-refractivity contribution is 0.456. The van der Waals surface area contributed by atoms with Crippen molar-refractivity contribution in [1.82, 2.24) is 10.3 Å². The molecule has 0 saturated carbocycles. The smallest absolute Gasteiger partial charge is 0.219 e. The first-order valence-electron chi connectivity index (χ1n) is 6.46. The maximum atomic E-state index is 5.92. The van der Waals surface area contributed by atoms with Crippen LogP contribution in [0.15, 0.2) is 30.3 Å². The lowest BCUT2D eigenvalue weighted by Crippen LogP contribution is -2.07. The third-order valence-electron chi connectivity index (χ3n) is 3.12. The van der Waals surface area contributed by atoms with E-state index in [0.717, 1.165) is 23.6 Å². The molecule has 1 aromatic carbocycles. The Balaban J connectivity index is 2.28. The summed E-state index contributed by atoms with van der Waals surface area (Å²) in [5.74, 6) is 1.52. The minimum absolute atomic E-state index is 0.640. The molecule has 1 heterocycles. The molecule has 3 nitrogen and oxygen atoms in total. The first kappa shape index (κ1) is 13.6. The monoisotopic (exact) mass is 256 g/mol. The van der Waals surface area contributed by atoms with Crippen LogP contribution < -0.4 is 10.1 Å². The van der Waals surface area contributed by atoms with E-state index in [1.807, 2.05) is 25.2 Å². The molecule has 0 aliphatic carbocycles. The van der Waals surface area contributed by atoms with E-state index < -0.39 is 0 Å². The molecule has 3 heteroatoms. The summed E-state index contributed by atoms with van der Waals surface area (Å²) < 4.78 is 5.92. The van der Waals surface area contributed by atoms with Gasteiger partial charge in [-0.1, -0.05) is 12.1 Å². The second-order valence-corrected chi connectivity index (χ2v) is 4.80. The van der Waals surface area contributed by atoms with Gasteiger partial charge in [-0.3, -0.25) is 0 Å². The molecule has 0 radical (unpaired) electrons. The molecule has 2 aromatic rings. The molecule has 0 unspecified atom stereocenters. The lowest BCUT2D eigenvalue weighted by Gasteiger charge is -2.12.